The van der Waals surface area contributed by atoms with Gasteiger partial charge < -0.3 is 5.73 Å². The van der Waals surface area contributed by atoms with Crippen LogP contribution in [-0.4, -0.2) is 25.8 Å². The number of hydrogen-bond donors (Lipinski definition) is 1. The third kappa shape index (κ3) is 2.76. The molecule has 1 aromatic heterocycles. The van der Waals surface area contributed by atoms with Gasteiger partial charge in [-0.15, -0.1) is 11.3 Å². The van der Waals surface area contributed by atoms with Gasteiger partial charge in [0.05, 0.1) is 4.90 Å². The highest BCUT2D eigenvalue weighted by atomic mass is 32.2. The number of rotatable bonds is 4. The summed E-state index contributed by atoms with van der Waals surface area (Å²) in [5.41, 5.74) is 6.84. The molecule has 0 spiro atoms. The first-order valence-corrected chi connectivity index (χ1v) is 9.26. The maximum absolute atomic E-state index is 12.7. The van der Waals surface area contributed by atoms with Crippen LogP contribution in [0.4, 0.5) is 0 Å². The van der Waals surface area contributed by atoms with Gasteiger partial charge in [-0.1, -0.05) is 30.3 Å². The maximum atomic E-state index is 12.7. The monoisotopic (exact) mass is 322 g/mol. The van der Waals surface area contributed by atoms with Crippen LogP contribution < -0.4 is 5.73 Å². The Kier molecular flexibility index (Phi) is 4.12. The van der Waals surface area contributed by atoms with Gasteiger partial charge in [-0.05, 0) is 29.3 Å². The molecule has 0 amide bonds. The van der Waals surface area contributed by atoms with E-state index in [9.17, 15) is 8.42 Å². The van der Waals surface area contributed by atoms with Crippen LogP contribution in [0, 0.1) is 0 Å². The van der Waals surface area contributed by atoms with Crippen molar-refractivity contribution < 1.29 is 8.42 Å². The maximum Gasteiger partial charge on any atom is 0.244 e. The standard InChI is InChI=1S/C15H18N2O2S2/c16-10-14-15(7-9-20-14)21(18,19)17-8-6-13(11-17)12-4-2-1-3-5-12/h1-5,7,9,13H,6,8,10-11,16H2. The second-order valence-electron chi connectivity index (χ2n) is 5.17. The molecule has 0 aliphatic carbocycles. The molecule has 1 atom stereocenters. The fourth-order valence-electron chi connectivity index (χ4n) is 2.79. The average molecular weight is 322 g/mol. The van der Waals surface area contributed by atoms with Crippen molar-refractivity contribution in [3.8, 4) is 0 Å². The highest BCUT2D eigenvalue weighted by molar-refractivity contribution is 7.89. The second kappa shape index (κ2) is 5.88. The Morgan fingerprint density at radius 2 is 2.00 bits per heavy atom. The van der Waals surface area contributed by atoms with Crippen molar-refractivity contribution in [2.45, 2.75) is 23.8 Å². The average Bonchev–Trinajstić information content (AvgIpc) is 3.17. The second-order valence-corrected chi connectivity index (χ2v) is 8.08. The molecule has 1 saturated heterocycles. The lowest BCUT2D eigenvalue weighted by Gasteiger charge is -2.17. The van der Waals surface area contributed by atoms with Crippen molar-refractivity contribution >= 4 is 21.4 Å². The smallest absolute Gasteiger partial charge is 0.244 e. The number of nitrogens with two attached hydrogens (primary N) is 1. The van der Waals surface area contributed by atoms with Gasteiger partial charge >= 0.3 is 0 Å². The van der Waals surface area contributed by atoms with Crippen molar-refractivity contribution in [3.05, 3.63) is 52.2 Å². The molecule has 1 unspecified atom stereocenters. The normalized spacial score (nSPS) is 20.0. The number of nitrogens with zero attached hydrogens (tertiary/aromatic N) is 1. The number of hydrogen-bond acceptors (Lipinski definition) is 4. The third-order valence-electron chi connectivity index (χ3n) is 3.93. The molecule has 4 nitrogen and oxygen atoms in total. The van der Waals surface area contributed by atoms with E-state index in [0.29, 0.717) is 18.0 Å². The Labute approximate surface area is 129 Å². The van der Waals surface area contributed by atoms with E-state index >= 15 is 0 Å². The van der Waals surface area contributed by atoms with Gasteiger partial charge in [-0.2, -0.15) is 4.31 Å². The van der Waals surface area contributed by atoms with E-state index in [-0.39, 0.29) is 12.5 Å². The van der Waals surface area contributed by atoms with Gasteiger partial charge in [0.1, 0.15) is 0 Å². The van der Waals surface area contributed by atoms with Crippen LogP contribution in [0.1, 0.15) is 22.8 Å². The van der Waals surface area contributed by atoms with E-state index in [4.69, 9.17) is 5.73 Å². The minimum Gasteiger partial charge on any atom is -0.326 e. The van der Waals surface area contributed by atoms with Gasteiger partial charge in [0, 0.05) is 24.5 Å². The summed E-state index contributed by atoms with van der Waals surface area (Å²) in [5, 5.41) is 1.79. The van der Waals surface area contributed by atoms with E-state index < -0.39 is 10.0 Å². The quantitative estimate of drug-likeness (QED) is 0.940. The zero-order valence-electron chi connectivity index (χ0n) is 11.6. The Balaban J connectivity index is 1.83. The molecule has 112 valence electrons. The summed E-state index contributed by atoms with van der Waals surface area (Å²) < 4.78 is 27.0. The van der Waals surface area contributed by atoms with E-state index in [2.05, 4.69) is 12.1 Å². The summed E-state index contributed by atoms with van der Waals surface area (Å²) >= 11 is 1.40. The fourth-order valence-corrected chi connectivity index (χ4v) is 5.60. The molecule has 2 heterocycles. The topological polar surface area (TPSA) is 63.4 Å². The Morgan fingerprint density at radius 3 is 2.71 bits per heavy atom. The third-order valence-corrected chi connectivity index (χ3v) is 6.95. The molecule has 21 heavy (non-hydrogen) atoms. The lowest BCUT2D eigenvalue weighted by molar-refractivity contribution is 0.472. The van der Waals surface area contributed by atoms with Crippen molar-refractivity contribution in [3.63, 3.8) is 0 Å². The molecule has 6 heteroatoms. The largest absolute Gasteiger partial charge is 0.326 e. The molecule has 1 aliphatic rings. The van der Waals surface area contributed by atoms with Crippen LogP contribution >= 0.6 is 11.3 Å². The summed E-state index contributed by atoms with van der Waals surface area (Å²) in [7, 11) is -3.42. The molecule has 0 bridgehead atoms. The van der Waals surface area contributed by atoms with Gasteiger partial charge in [-0.25, -0.2) is 8.42 Å². The molecule has 3 rings (SSSR count). The zero-order chi connectivity index (χ0) is 14.9. The van der Waals surface area contributed by atoms with E-state index in [0.717, 1.165) is 11.3 Å². The molecule has 1 aromatic carbocycles. The van der Waals surface area contributed by atoms with Gasteiger partial charge in [0.2, 0.25) is 10.0 Å². The van der Waals surface area contributed by atoms with Crippen LogP contribution in [0.15, 0.2) is 46.7 Å². The van der Waals surface area contributed by atoms with E-state index in [1.807, 2.05) is 18.2 Å². The lowest BCUT2D eigenvalue weighted by Crippen LogP contribution is -2.29. The molecular formula is C15H18N2O2S2. The highest BCUT2D eigenvalue weighted by Gasteiger charge is 2.34. The van der Waals surface area contributed by atoms with Gasteiger partial charge in [0.15, 0.2) is 0 Å². The number of sulfonamides is 1. The van der Waals surface area contributed by atoms with Gasteiger partial charge in [0.25, 0.3) is 0 Å². The first-order chi connectivity index (χ1) is 10.1. The first kappa shape index (κ1) is 14.7. The summed E-state index contributed by atoms with van der Waals surface area (Å²) in [4.78, 5) is 1.11. The van der Waals surface area contributed by atoms with Crippen molar-refractivity contribution in [1.29, 1.82) is 0 Å². The zero-order valence-corrected chi connectivity index (χ0v) is 13.2. The SMILES string of the molecule is NCc1sccc1S(=O)(=O)N1CCC(c2ccccc2)C1. The predicted octanol–water partition coefficient (Wildman–Crippen LogP) is 2.39. The summed E-state index contributed by atoms with van der Waals surface area (Å²) in [6, 6.07) is 11.8. The molecule has 0 radical (unpaired) electrons. The van der Waals surface area contributed by atoms with Crippen LogP contribution in [0.2, 0.25) is 0 Å². The van der Waals surface area contributed by atoms with Crippen LogP contribution in [-0.2, 0) is 16.6 Å². The number of thiophene rings is 1. The summed E-state index contributed by atoms with van der Waals surface area (Å²) in [6.45, 7) is 1.39. The molecule has 1 fully saturated rings. The Bertz CT molecular complexity index is 710. The Hall–Kier alpha value is -1.21. The van der Waals surface area contributed by atoms with Crippen LogP contribution in [0.25, 0.3) is 0 Å². The lowest BCUT2D eigenvalue weighted by atomic mass is 9.99. The molecular weight excluding hydrogens is 304 g/mol. The van der Waals surface area contributed by atoms with Crippen molar-refractivity contribution in [2.75, 3.05) is 13.1 Å². The highest BCUT2D eigenvalue weighted by Crippen LogP contribution is 2.33. The van der Waals surface area contributed by atoms with Crippen molar-refractivity contribution in [2.24, 2.45) is 5.73 Å². The minimum atomic E-state index is -3.42. The molecule has 1 aliphatic heterocycles. The fraction of sp³-hybridized carbons (Fsp3) is 0.333. The minimum absolute atomic E-state index is 0.266. The molecule has 2 N–H and O–H groups in total. The molecule has 2 aromatic rings. The van der Waals surface area contributed by atoms with E-state index in [1.54, 1.807) is 15.8 Å². The Morgan fingerprint density at radius 1 is 1.24 bits per heavy atom. The summed E-state index contributed by atoms with van der Waals surface area (Å²) in [5.74, 6) is 0.279. The van der Waals surface area contributed by atoms with Crippen molar-refractivity contribution in [1.82, 2.24) is 4.31 Å². The molecule has 0 saturated carbocycles. The van der Waals surface area contributed by atoms with Gasteiger partial charge in [-0.3, -0.25) is 0 Å². The van der Waals surface area contributed by atoms with E-state index in [1.165, 1.54) is 16.9 Å². The predicted molar refractivity (Wildman–Crippen MR) is 84.8 cm³/mol. The first-order valence-electron chi connectivity index (χ1n) is 6.94. The van der Waals surface area contributed by atoms with Crippen LogP contribution in [0.5, 0.6) is 0 Å². The summed E-state index contributed by atoms with van der Waals surface area (Å²) in [6.07, 6.45) is 0.866. The van der Waals surface area contributed by atoms with Crippen LogP contribution in [0.3, 0.4) is 0 Å². The number of benzene rings is 1.